The molecule has 0 saturated carbocycles. The van der Waals surface area contributed by atoms with Crippen molar-refractivity contribution in [2.45, 2.75) is 26.7 Å². The molecule has 1 heterocycles. The number of hydrogen-bond donors (Lipinski definition) is 3. The predicted molar refractivity (Wildman–Crippen MR) is 130 cm³/mol. The zero-order chi connectivity index (χ0) is 22.7. The normalized spacial score (nSPS) is 10.8. The Hall–Kier alpha value is -3.71. The molecule has 3 aromatic carbocycles. The highest BCUT2D eigenvalue weighted by Gasteiger charge is 2.16. The van der Waals surface area contributed by atoms with Gasteiger partial charge in [0.1, 0.15) is 11.3 Å². The van der Waals surface area contributed by atoms with E-state index in [4.69, 9.17) is 16.6 Å². The van der Waals surface area contributed by atoms with Gasteiger partial charge in [-0.3, -0.25) is 4.79 Å². The molecule has 3 N–H and O–H groups in total. The quantitative estimate of drug-likeness (QED) is 0.292. The number of aryl methyl sites for hydroxylation is 2. The molecule has 0 radical (unpaired) electrons. The first-order chi connectivity index (χ1) is 15.4. The second kappa shape index (κ2) is 9.20. The lowest BCUT2D eigenvalue weighted by Gasteiger charge is -2.12. The minimum atomic E-state index is -0.213. The molecule has 32 heavy (non-hydrogen) atoms. The maximum atomic E-state index is 12.3. The molecule has 0 spiro atoms. The van der Waals surface area contributed by atoms with Crippen molar-refractivity contribution in [3.05, 3.63) is 77.4 Å². The van der Waals surface area contributed by atoms with Crippen LogP contribution >= 0.6 is 12.2 Å². The first-order valence-corrected chi connectivity index (χ1v) is 10.7. The molecule has 0 unspecified atom stereocenters. The van der Waals surface area contributed by atoms with Crippen LogP contribution in [-0.4, -0.2) is 21.1 Å². The third kappa shape index (κ3) is 4.78. The van der Waals surface area contributed by atoms with Gasteiger partial charge < -0.3 is 20.2 Å². The van der Waals surface area contributed by atoms with E-state index in [1.807, 2.05) is 48.5 Å². The number of aromatic hydroxyl groups is 1. The number of fused-ring (bicyclic) bond motifs is 1. The standard InChI is InChI=1S/C25H23N3O3S/c1-3-16-9-10-21-20(12-16)27-24(31-21)19-14-18(11-15(2)23(19)30)26-25(32)28-22(29)13-17-7-5-4-6-8-17/h4-12,14,30H,3,13H2,1-2H3,(H2,26,28,29,32). The Balaban J connectivity index is 1.53. The number of thiocarbonyl (C=S) groups is 1. The molecule has 1 aromatic heterocycles. The number of phenolic OH excluding ortho intramolecular Hbond substituents is 1. The van der Waals surface area contributed by atoms with Gasteiger partial charge in [0.15, 0.2) is 10.7 Å². The molecule has 0 aliphatic rings. The van der Waals surface area contributed by atoms with Crippen molar-refractivity contribution in [3.63, 3.8) is 0 Å². The average Bonchev–Trinajstić information content (AvgIpc) is 3.19. The third-order valence-corrected chi connectivity index (χ3v) is 5.31. The molecule has 7 heteroatoms. The fourth-order valence-electron chi connectivity index (χ4n) is 3.44. The molecule has 1 amide bonds. The molecule has 162 valence electrons. The summed E-state index contributed by atoms with van der Waals surface area (Å²) < 4.78 is 5.88. The molecule has 0 fully saturated rings. The minimum absolute atomic E-state index is 0.0804. The van der Waals surface area contributed by atoms with Crippen LogP contribution in [0.3, 0.4) is 0 Å². The van der Waals surface area contributed by atoms with Crippen LogP contribution in [0.5, 0.6) is 5.75 Å². The first kappa shape index (κ1) is 21.5. The number of aromatic nitrogens is 1. The van der Waals surface area contributed by atoms with Crippen LogP contribution in [0.25, 0.3) is 22.6 Å². The molecule has 0 bridgehead atoms. The maximum Gasteiger partial charge on any atom is 0.231 e. The summed E-state index contributed by atoms with van der Waals surface area (Å²) in [5.41, 5.74) is 5.12. The van der Waals surface area contributed by atoms with Crippen molar-refractivity contribution < 1.29 is 14.3 Å². The van der Waals surface area contributed by atoms with Crippen molar-refractivity contribution >= 4 is 40.0 Å². The Kier molecular flexibility index (Phi) is 6.18. The van der Waals surface area contributed by atoms with E-state index < -0.39 is 0 Å². The SMILES string of the molecule is CCc1ccc2oc(-c3cc(NC(=S)NC(=O)Cc4ccccc4)cc(C)c3O)nc2c1. The number of rotatable bonds is 5. The number of nitrogens with one attached hydrogen (secondary N) is 2. The second-order valence-electron chi connectivity index (χ2n) is 7.53. The van der Waals surface area contributed by atoms with Gasteiger partial charge in [0, 0.05) is 5.69 Å². The molecule has 4 aromatic rings. The van der Waals surface area contributed by atoms with E-state index in [1.54, 1.807) is 19.1 Å². The number of anilines is 1. The van der Waals surface area contributed by atoms with Gasteiger partial charge >= 0.3 is 0 Å². The number of nitrogens with zero attached hydrogens (tertiary/aromatic N) is 1. The van der Waals surface area contributed by atoms with E-state index in [2.05, 4.69) is 22.5 Å². The number of amides is 1. The molecule has 0 saturated heterocycles. The number of oxazole rings is 1. The van der Waals surface area contributed by atoms with Crippen molar-refractivity contribution in [1.82, 2.24) is 10.3 Å². The van der Waals surface area contributed by atoms with Gasteiger partial charge in [-0.1, -0.05) is 43.3 Å². The van der Waals surface area contributed by atoms with E-state index in [0.29, 0.717) is 28.3 Å². The van der Waals surface area contributed by atoms with Gasteiger partial charge in [0.05, 0.1) is 12.0 Å². The second-order valence-corrected chi connectivity index (χ2v) is 7.94. The number of benzene rings is 3. The van der Waals surface area contributed by atoms with Crippen LogP contribution < -0.4 is 10.6 Å². The number of hydrogen-bond acceptors (Lipinski definition) is 5. The largest absolute Gasteiger partial charge is 0.507 e. The highest BCUT2D eigenvalue weighted by molar-refractivity contribution is 7.80. The Morgan fingerprint density at radius 2 is 1.88 bits per heavy atom. The number of phenols is 1. The minimum Gasteiger partial charge on any atom is -0.507 e. The number of carbonyl (C=O) groups excluding carboxylic acids is 1. The van der Waals surface area contributed by atoms with E-state index in [-0.39, 0.29) is 23.2 Å². The van der Waals surface area contributed by atoms with E-state index in [9.17, 15) is 9.90 Å². The Morgan fingerprint density at radius 3 is 2.62 bits per heavy atom. The number of carbonyl (C=O) groups is 1. The van der Waals surface area contributed by atoms with E-state index in [0.717, 1.165) is 23.1 Å². The van der Waals surface area contributed by atoms with Gasteiger partial charge in [-0.2, -0.15) is 0 Å². The fourth-order valence-corrected chi connectivity index (χ4v) is 3.67. The van der Waals surface area contributed by atoms with Crippen LogP contribution in [0, 0.1) is 6.92 Å². The van der Waals surface area contributed by atoms with Crippen molar-refractivity contribution in [2.24, 2.45) is 0 Å². The van der Waals surface area contributed by atoms with Gasteiger partial charge in [0.25, 0.3) is 0 Å². The Morgan fingerprint density at radius 1 is 1.09 bits per heavy atom. The summed E-state index contributed by atoms with van der Waals surface area (Å²) >= 11 is 5.30. The highest BCUT2D eigenvalue weighted by Crippen LogP contribution is 2.36. The van der Waals surface area contributed by atoms with E-state index >= 15 is 0 Å². The van der Waals surface area contributed by atoms with Crippen molar-refractivity contribution in [3.8, 4) is 17.2 Å². The zero-order valence-corrected chi connectivity index (χ0v) is 18.6. The Labute approximate surface area is 191 Å². The summed E-state index contributed by atoms with van der Waals surface area (Å²) in [6, 6.07) is 18.7. The fraction of sp³-hybridized carbons (Fsp3) is 0.160. The molecule has 0 atom stereocenters. The first-order valence-electron chi connectivity index (χ1n) is 10.3. The van der Waals surface area contributed by atoms with Crippen LogP contribution in [0.4, 0.5) is 5.69 Å². The third-order valence-electron chi connectivity index (χ3n) is 5.11. The summed E-state index contributed by atoms with van der Waals surface area (Å²) in [7, 11) is 0. The summed E-state index contributed by atoms with van der Waals surface area (Å²) in [4.78, 5) is 16.8. The van der Waals surface area contributed by atoms with Crippen molar-refractivity contribution in [1.29, 1.82) is 0 Å². The van der Waals surface area contributed by atoms with Crippen LogP contribution in [-0.2, 0) is 17.6 Å². The summed E-state index contributed by atoms with van der Waals surface area (Å²) in [5, 5.41) is 16.5. The molecular formula is C25H23N3O3S. The summed E-state index contributed by atoms with van der Waals surface area (Å²) in [6.45, 7) is 3.85. The highest BCUT2D eigenvalue weighted by atomic mass is 32.1. The molecule has 4 rings (SSSR count). The lowest BCUT2D eigenvalue weighted by Crippen LogP contribution is -2.35. The van der Waals surface area contributed by atoms with Crippen LogP contribution in [0.2, 0.25) is 0 Å². The monoisotopic (exact) mass is 445 g/mol. The topological polar surface area (TPSA) is 87.4 Å². The molecular weight excluding hydrogens is 422 g/mol. The average molecular weight is 446 g/mol. The van der Waals surface area contributed by atoms with Gasteiger partial charge in [-0.15, -0.1) is 0 Å². The lowest BCUT2D eigenvalue weighted by molar-refractivity contribution is -0.119. The van der Waals surface area contributed by atoms with Gasteiger partial charge in [-0.25, -0.2) is 4.98 Å². The summed E-state index contributed by atoms with van der Waals surface area (Å²) in [6.07, 6.45) is 1.13. The predicted octanol–water partition coefficient (Wildman–Crippen LogP) is 5.13. The molecule has 0 aliphatic carbocycles. The maximum absolute atomic E-state index is 12.3. The Bertz CT molecular complexity index is 1300. The molecule has 0 aliphatic heterocycles. The van der Waals surface area contributed by atoms with E-state index in [1.165, 1.54) is 0 Å². The van der Waals surface area contributed by atoms with Crippen LogP contribution in [0.1, 0.15) is 23.6 Å². The lowest BCUT2D eigenvalue weighted by atomic mass is 10.1. The van der Waals surface area contributed by atoms with Crippen molar-refractivity contribution in [2.75, 3.05) is 5.32 Å². The van der Waals surface area contributed by atoms with Gasteiger partial charge in [0.2, 0.25) is 11.8 Å². The zero-order valence-electron chi connectivity index (χ0n) is 17.8. The smallest absolute Gasteiger partial charge is 0.231 e. The van der Waals surface area contributed by atoms with Gasteiger partial charge in [-0.05, 0) is 66.5 Å². The van der Waals surface area contributed by atoms with Crippen LogP contribution in [0.15, 0.2) is 65.1 Å². The molecule has 6 nitrogen and oxygen atoms in total. The summed E-state index contributed by atoms with van der Waals surface area (Å²) in [5.74, 6) is 0.184.